The fourth-order valence-electron chi connectivity index (χ4n) is 4.82. The highest BCUT2D eigenvalue weighted by Gasteiger charge is 2.68. The summed E-state index contributed by atoms with van der Waals surface area (Å²) in [5, 5.41) is 3.36. The maximum atomic E-state index is 13.1. The standard InChI is InChI=1S/C20H26ClN3O4.ClH/c1-2-9-27-14-4-3-12(10-13(14)21)23-18(25)16-15-5-6-20(28-15)11-24(8-7-22)19(26)17(16)20;/h3-4,10,15-17H,2,5-9,11,22H2,1H3,(H,23,25);1H/t15-,16-,17+,20-;/m0./s1. The summed E-state index contributed by atoms with van der Waals surface area (Å²) in [7, 11) is 0. The number of hydrogen-bond donors (Lipinski definition) is 2. The van der Waals surface area contributed by atoms with Gasteiger partial charge in [0.25, 0.3) is 0 Å². The van der Waals surface area contributed by atoms with Gasteiger partial charge >= 0.3 is 0 Å². The molecule has 1 aromatic rings. The van der Waals surface area contributed by atoms with E-state index in [-0.39, 0.29) is 30.3 Å². The molecule has 29 heavy (non-hydrogen) atoms. The molecule has 3 aliphatic heterocycles. The molecule has 0 aliphatic carbocycles. The van der Waals surface area contributed by atoms with Crippen LogP contribution in [0.1, 0.15) is 26.2 Å². The van der Waals surface area contributed by atoms with Crippen molar-refractivity contribution in [3.63, 3.8) is 0 Å². The Morgan fingerprint density at radius 3 is 2.97 bits per heavy atom. The molecule has 2 bridgehead atoms. The van der Waals surface area contributed by atoms with E-state index in [9.17, 15) is 9.59 Å². The summed E-state index contributed by atoms with van der Waals surface area (Å²) in [6.07, 6.45) is 2.28. The van der Waals surface area contributed by atoms with Crippen LogP contribution >= 0.6 is 24.0 Å². The molecule has 3 saturated heterocycles. The third-order valence-corrected chi connectivity index (χ3v) is 6.26. The maximum Gasteiger partial charge on any atom is 0.231 e. The summed E-state index contributed by atoms with van der Waals surface area (Å²) in [5.74, 6) is -0.543. The number of hydrogen-bond acceptors (Lipinski definition) is 5. The first-order valence-corrected chi connectivity index (χ1v) is 10.3. The van der Waals surface area contributed by atoms with E-state index in [4.69, 9.17) is 26.8 Å². The Morgan fingerprint density at radius 2 is 2.28 bits per heavy atom. The second kappa shape index (κ2) is 8.68. The molecule has 0 radical (unpaired) electrons. The number of amides is 2. The van der Waals surface area contributed by atoms with Gasteiger partial charge in [-0.1, -0.05) is 18.5 Å². The summed E-state index contributed by atoms with van der Waals surface area (Å²) in [4.78, 5) is 27.7. The topological polar surface area (TPSA) is 93.9 Å². The molecule has 4 atom stereocenters. The Morgan fingerprint density at radius 1 is 1.48 bits per heavy atom. The molecule has 3 aliphatic rings. The van der Waals surface area contributed by atoms with Crippen molar-refractivity contribution in [2.24, 2.45) is 17.6 Å². The van der Waals surface area contributed by atoms with Crippen LogP contribution in [0.25, 0.3) is 0 Å². The lowest BCUT2D eigenvalue weighted by Gasteiger charge is -2.27. The van der Waals surface area contributed by atoms with Gasteiger partial charge in [-0.3, -0.25) is 9.59 Å². The van der Waals surface area contributed by atoms with E-state index in [1.54, 1.807) is 23.1 Å². The van der Waals surface area contributed by atoms with Gasteiger partial charge in [0.1, 0.15) is 5.75 Å². The van der Waals surface area contributed by atoms with E-state index in [1.165, 1.54) is 0 Å². The second-order valence-corrected chi connectivity index (χ2v) is 8.20. The van der Waals surface area contributed by atoms with Gasteiger partial charge < -0.3 is 25.4 Å². The van der Waals surface area contributed by atoms with Crippen LogP contribution in [0.2, 0.25) is 5.02 Å². The second-order valence-electron chi connectivity index (χ2n) is 7.79. The van der Waals surface area contributed by atoms with Crippen molar-refractivity contribution in [1.29, 1.82) is 0 Å². The zero-order valence-electron chi connectivity index (χ0n) is 16.4. The van der Waals surface area contributed by atoms with Gasteiger partial charge in [0.2, 0.25) is 11.8 Å². The average Bonchev–Trinajstić information content (AvgIpc) is 3.30. The molecule has 9 heteroatoms. The molecule has 3 fully saturated rings. The summed E-state index contributed by atoms with van der Waals surface area (Å²) in [6.45, 7) is 4.03. The van der Waals surface area contributed by atoms with Crippen molar-refractivity contribution in [2.75, 3.05) is 31.6 Å². The van der Waals surface area contributed by atoms with Gasteiger partial charge in [-0.25, -0.2) is 0 Å². The lowest BCUT2D eigenvalue weighted by molar-refractivity contribution is -0.136. The number of halogens is 2. The van der Waals surface area contributed by atoms with Gasteiger partial charge in [0.15, 0.2) is 0 Å². The normalized spacial score (nSPS) is 29.6. The number of nitrogens with two attached hydrogens (primary N) is 1. The summed E-state index contributed by atoms with van der Waals surface area (Å²) < 4.78 is 11.7. The average molecular weight is 444 g/mol. The first-order valence-electron chi connectivity index (χ1n) is 9.89. The Balaban J connectivity index is 0.00000240. The third-order valence-electron chi connectivity index (χ3n) is 5.96. The monoisotopic (exact) mass is 443 g/mol. The number of nitrogens with zero attached hydrogens (tertiary/aromatic N) is 1. The van der Waals surface area contributed by atoms with E-state index < -0.39 is 17.4 Å². The number of ether oxygens (including phenoxy) is 2. The van der Waals surface area contributed by atoms with Crippen molar-refractivity contribution in [2.45, 2.75) is 37.9 Å². The number of benzene rings is 1. The number of rotatable bonds is 7. The SMILES string of the molecule is CCCOc1ccc(NC(=O)[C@H]2[C@@H]3CC[C@@]4(CN(CCN)C(=O)[C@@H]24)O3)cc1Cl.Cl. The summed E-state index contributed by atoms with van der Waals surface area (Å²) >= 11 is 6.26. The predicted molar refractivity (Wildman–Crippen MR) is 113 cm³/mol. The van der Waals surface area contributed by atoms with Crippen LogP contribution in [-0.4, -0.2) is 54.7 Å². The van der Waals surface area contributed by atoms with Crippen LogP contribution in [0.3, 0.4) is 0 Å². The Bertz CT molecular complexity index is 793. The predicted octanol–water partition coefficient (Wildman–Crippen LogP) is 2.45. The first kappa shape index (κ1) is 22.2. The zero-order valence-corrected chi connectivity index (χ0v) is 17.9. The van der Waals surface area contributed by atoms with Crippen molar-refractivity contribution in [1.82, 2.24) is 4.90 Å². The molecule has 1 aromatic carbocycles. The fraction of sp³-hybridized carbons (Fsp3) is 0.600. The van der Waals surface area contributed by atoms with Crippen LogP contribution < -0.4 is 15.8 Å². The van der Waals surface area contributed by atoms with E-state index in [2.05, 4.69) is 5.32 Å². The number of anilines is 1. The molecule has 2 amide bonds. The van der Waals surface area contributed by atoms with Crippen LogP contribution in [0.5, 0.6) is 5.75 Å². The largest absolute Gasteiger partial charge is 0.492 e. The van der Waals surface area contributed by atoms with Gasteiger partial charge in [0, 0.05) is 18.8 Å². The Hall–Kier alpha value is -1.54. The molecular weight excluding hydrogens is 417 g/mol. The highest BCUT2D eigenvalue weighted by Crippen LogP contribution is 2.55. The minimum absolute atomic E-state index is 0. The van der Waals surface area contributed by atoms with Crippen LogP contribution in [0, 0.1) is 11.8 Å². The molecule has 0 saturated carbocycles. The van der Waals surface area contributed by atoms with E-state index in [0.717, 1.165) is 19.3 Å². The molecule has 0 aromatic heterocycles. The molecular formula is C20H27Cl2N3O4. The molecule has 0 unspecified atom stereocenters. The summed E-state index contributed by atoms with van der Waals surface area (Å²) in [5.41, 5.74) is 5.68. The molecule has 3 N–H and O–H groups in total. The quantitative estimate of drug-likeness (QED) is 0.674. The Labute approximate surface area is 181 Å². The molecule has 3 heterocycles. The van der Waals surface area contributed by atoms with Crippen LogP contribution in [0.4, 0.5) is 5.69 Å². The van der Waals surface area contributed by atoms with Gasteiger partial charge in [-0.05, 0) is 37.5 Å². The van der Waals surface area contributed by atoms with Gasteiger partial charge in [-0.2, -0.15) is 0 Å². The van der Waals surface area contributed by atoms with E-state index >= 15 is 0 Å². The minimum Gasteiger partial charge on any atom is -0.492 e. The van der Waals surface area contributed by atoms with E-state index in [1.807, 2.05) is 6.92 Å². The number of carbonyl (C=O) groups excluding carboxylic acids is 2. The molecule has 4 rings (SSSR count). The van der Waals surface area contributed by atoms with Crippen molar-refractivity contribution >= 4 is 41.5 Å². The molecule has 7 nitrogen and oxygen atoms in total. The lowest BCUT2D eigenvalue weighted by Crippen LogP contribution is -2.43. The highest BCUT2D eigenvalue weighted by molar-refractivity contribution is 6.32. The van der Waals surface area contributed by atoms with Crippen molar-refractivity contribution < 1.29 is 19.1 Å². The molecule has 160 valence electrons. The van der Waals surface area contributed by atoms with E-state index in [0.29, 0.717) is 42.7 Å². The van der Waals surface area contributed by atoms with Gasteiger partial charge in [-0.15, -0.1) is 12.4 Å². The molecule has 1 spiro atoms. The lowest BCUT2D eigenvalue weighted by atomic mass is 9.73. The number of likely N-dealkylation sites (tertiary alicyclic amines) is 1. The number of nitrogens with one attached hydrogen (secondary N) is 1. The van der Waals surface area contributed by atoms with Crippen LogP contribution in [-0.2, 0) is 14.3 Å². The number of fused-ring (bicyclic) bond motifs is 1. The first-order chi connectivity index (χ1) is 13.5. The minimum atomic E-state index is -0.533. The number of carbonyl (C=O) groups is 2. The van der Waals surface area contributed by atoms with Crippen molar-refractivity contribution in [3.8, 4) is 5.75 Å². The maximum absolute atomic E-state index is 13.1. The van der Waals surface area contributed by atoms with Crippen LogP contribution in [0.15, 0.2) is 18.2 Å². The fourth-order valence-corrected chi connectivity index (χ4v) is 5.05. The Kier molecular flexibility index (Phi) is 6.63. The smallest absolute Gasteiger partial charge is 0.231 e. The van der Waals surface area contributed by atoms with Gasteiger partial charge in [0.05, 0.1) is 41.7 Å². The highest BCUT2D eigenvalue weighted by atomic mass is 35.5. The third kappa shape index (κ3) is 3.81. The van der Waals surface area contributed by atoms with Crippen molar-refractivity contribution in [3.05, 3.63) is 23.2 Å². The zero-order chi connectivity index (χ0) is 19.9. The summed E-state index contributed by atoms with van der Waals surface area (Å²) in [6, 6.07) is 5.18.